The van der Waals surface area contributed by atoms with E-state index in [0.29, 0.717) is 17.4 Å². The lowest BCUT2D eigenvalue weighted by Gasteiger charge is -2.38. The minimum Gasteiger partial charge on any atom is -0.493 e. The molecule has 0 N–H and O–H groups in total. The van der Waals surface area contributed by atoms with E-state index in [9.17, 15) is 0 Å². The Labute approximate surface area is 165 Å². The van der Waals surface area contributed by atoms with Crippen LogP contribution in [0.15, 0.2) is 48.8 Å². The van der Waals surface area contributed by atoms with Crippen molar-refractivity contribution in [3.63, 3.8) is 0 Å². The zero-order chi connectivity index (χ0) is 19.5. The van der Waals surface area contributed by atoms with Crippen molar-refractivity contribution < 1.29 is 14.2 Å². The molecule has 0 radical (unpaired) electrons. The quantitative estimate of drug-likeness (QED) is 0.674. The van der Waals surface area contributed by atoms with Crippen molar-refractivity contribution in [1.29, 1.82) is 0 Å². The van der Waals surface area contributed by atoms with E-state index in [4.69, 9.17) is 14.2 Å². The van der Waals surface area contributed by atoms with Crippen LogP contribution in [0.5, 0.6) is 11.5 Å². The molecule has 2 atom stereocenters. The zero-order valence-electron chi connectivity index (χ0n) is 16.5. The number of ether oxygens (including phenoxy) is 3. The molecule has 0 aliphatic carbocycles. The fraction of sp³-hybridized carbons (Fsp3) is 0.364. The van der Waals surface area contributed by atoms with Crippen molar-refractivity contribution in [2.75, 3.05) is 39.3 Å². The first-order chi connectivity index (χ1) is 13.7. The van der Waals surface area contributed by atoms with Crippen LogP contribution in [-0.2, 0) is 4.74 Å². The van der Waals surface area contributed by atoms with Gasteiger partial charge in [-0.25, -0.2) is 9.97 Å². The minimum absolute atomic E-state index is 0.143. The highest BCUT2D eigenvalue weighted by Crippen LogP contribution is 2.37. The molecule has 6 heteroatoms. The molecule has 1 saturated heterocycles. The Morgan fingerprint density at radius 1 is 0.929 bits per heavy atom. The van der Waals surface area contributed by atoms with Crippen molar-refractivity contribution in [3.8, 4) is 11.5 Å². The molecule has 1 aliphatic heterocycles. The molecule has 2 unspecified atom stereocenters. The zero-order valence-corrected chi connectivity index (χ0v) is 16.5. The van der Waals surface area contributed by atoms with E-state index in [-0.39, 0.29) is 6.10 Å². The van der Waals surface area contributed by atoms with Crippen molar-refractivity contribution in [2.24, 2.45) is 0 Å². The molecule has 0 amide bonds. The van der Waals surface area contributed by atoms with Gasteiger partial charge in [-0.15, -0.1) is 0 Å². The van der Waals surface area contributed by atoms with Crippen molar-refractivity contribution in [1.82, 2.24) is 9.97 Å². The minimum atomic E-state index is 0.143. The van der Waals surface area contributed by atoms with Gasteiger partial charge < -0.3 is 19.1 Å². The van der Waals surface area contributed by atoms with Crippen LogP contribution >= 0.6 is 0 Å². The van der Waals surface area contributed by atoms with Crippen molar-refractivity contribution in [2.45, 2.75) is 18.4 Å². The summed E-state index contributed by atoms with van der Waals surface area (Å²) in [5, 5.41) is 0.948. The average Bonchev–Trinajstić information content (AvgIpc) is 2.77. The fourth-order valence-corrected chi connectivity index (χ4v) is 3.98. The molecular formula is C22H25N3O3. The van der Waals surface area contributed by atoms with Gasteiger partial charge in [0.2, 0.25) is 0 Å². The Morgan fingerprint density at radius 2 is 1.68 bits per heavy atom. The normalized spacial score (nSPS) is 19.6. The van der Waals surface area contributed by atoms with Gasteiger partial charge in [-0.2, -0.15) is 0 Å². The second-order valence-electron chi connectivity index (χ2n) is 7.03. The molecule has 1 aliphatic rings. The molecule has 28 heavy (non-hydrogen) atoms. The summed E-state index contributed by atoms with van der Waals surface area (Å²) < 4.78 is 16.7. The third-order valence-electron chi connectivity index (χ3n) is 5.44. The summed E-state index contributed by atoms with van der Waals surface area (Å²) in [6.07, 6.45) is 2.75. The second kappa shape index (κ2) is 8.02. The third kappa shape index (κ3) is 3.47. The maximum absolute atomic E-state index is 5.76. The van der Waals surface area contributed by atoms with Crippen LogP contribution < -0.4 is 14.4 Å². The molecule has 1 fully saturated rings. The predicted octanol–water partition coefficient (Wildman–Crippen LogP) is 3.66. The predicted molar refractivity (Wildman–Crippen MR) is 109 cm³/mol. The van der Waals surface area contributed by atoms with Gasteiger partial charge in [0, 0.05) is 37.6 Å². The van der Waals surface area contributed by atoms with Crippen LogP contribution in [-0.4, -0.2) is 50.5 Å². The summed E-state index contributed by atoms with van der Waals surface area (Å²) in [6, 6.07) is 14.5. The highest BCUT2D eigenvalue weighted by molar-refractivity contribution is 5.92. The number of hydrogen-bond donors (Lipinski definition) is 0. The molecule has 146 valence electrons. The largest absolute Gasteiger partial charge is 0.493 e. The smallest absolute Gasteiger partial charge is 0.162 e. The number of piperidine rings is 1. The van der Waals surface area contributed by atoms with Gasteiger partial charge in [0.1, 0.15) is 12.1 Å². The maximum atomic E-state index is 5.76. The van der Waals surface area contributed by atoms with Gasteiger partial charge in [-0.3, -0.25) is 0 Å². The van der Waals surface area contributed by atoms with E-state index in [1.807, 2.05) is 12.1 Å². The van der Waals surface area contributed by atoms with E-state index >= 15 is 0 Å². The summed E-state index contributed by atoms with van der Waals surface area (Å²) in [6.45, 7) is 1.67. The number of aromatic nitrogens is 2. The molecule has 3 aromatic rings. The molecule has 1 aromatic heterocycles. The summed E-state index contributed by atoms with van der Waals surface area (Å²) in [5.74, 6) is 2.61. The third-order valence-corrected chi connectivity index (χ3v) is 5.44. The topological polar surface area (TPSA) is 56.7 Å². The van der Waals surface area contributed by atoms with Crippen LogP contribution in [0.25, 0.3) is 10.9 Å². The lowest BCUT2D eigenvalue weighted by Crippen LogP contribution is -2.43. The van der Waals surface area contributed by atoms with Gasteiger partial charge in [0.15, 0.2) is 11.5 Å². The Bertz CT molecular complexity index is 948. The van der Waals surface area contributed by atoms with Crippen LogP contribution in [0.2, 0.25) is 0 Å². The molecule has 6 nitrogen and oxygen atoms in total. The monoisotopic (exact) mass is 379 g/mol. The van der Waals surface area contributed by atoms with Crippen molar-refractivity contribution in [3.05, 3.63) is 54.4 Å². The second-order valence-corrected chi connectivity index (χ2v) is 7.03. The van der Waals surface area contributed by atoms with E-state index in [2.05, 4.69) is 45.2 Å². The van der Waals surface area contributed by atoms with Crippen LogP contribution in [0.4, 0.5) is 5.82 Å². The first-order valence-corrected chi connectivity index (χ1v) is 9.43. The van der Waals surface area contributed by atoms with Crippen molar-refractivity contribution >= 4 is 16.7 Å². The molecular weight excluding hydrogens is 354 g/mol. The van der Waals surface area contributed by atoms with Crippen LogP contribution in [0.1, 0.15) is 17.9 Å². The Balaban J connectivity index is 1.75. The fourth-order valence-electron chi connectivity index (χ4n) is 3.98. The number of methoxy groups -OCH3 is 3. The molecule has 0 bridgehead atoms. The molecule has 0 spiro atoms. The summed E-state index contributed by atoms with van der Waals surface area (Å²) in [7, 11) is 5.05. The first kappa shape index (κ1) is 18.5. The van der Waals surface area contributed by atoms with Crippen LogP contribution in [0, 0.1) is 0 Å². The molecule has 2 aromatic carbocycles. The summed E-state index contributed by atoms with van der Waals surface area (Å²) in [4.78, 5) is 11.4. The van der Waals surface area contributed by atoms with Gasteiger partial charge in [0.05, 0.1) is 25.8 Å². The number of benzene rings is 2. The highest BCUT2D eigenvalue weighted by Gasteiger charge is 2.30. The lowest BCUT2D eigenvalue weighted by molar-refractivity contribution is 0.0826. The Kier molecular flexibility index (Phi) is 5.30. The van der Waals surface area contributed by atoms with Gasteiger partial charge in [-0.05, 0) is 18.1 Å². The number of nitrogens with zero attached hydrogens (tertiary/aromatic N) is 3. The lowest BCUT2D eigenvalue weighted by atomic mass is 9.89. The van der Waals surface area contributed by atoms with Crippen LogP contribution in [0.3, 0.4) is 0 Å². The number of hydrogen-bond acceptors (Lipinski definition) is 6. The molecule has 4 rings (SSSR count). The Hall–Kier alpha value is -2.86. The highest BCUT2D eigenvalue weighted by atomic mass is 16.5. The maximum Gasteiger partial charge on any atom is 0.162 e. The van der Waals surface area contributed by atoms with Gasteiger partial charge >= 0.3 is 0 Å². The average molecular weight is 379 g/mol. The number of rotatable bonds is 5. The Morgan fingerprint density at radius 3 is 2.39 bits per heavy atom. The number of anilines is 1. The van der Waals surface area contributed by atoms with E-state index in [0.717, 1.165) is 36.2 Å². The molecule has 2 heterocycles. The summed E-state index contributed by atoms with van der Waals surface area (Å²) >= 11 is 0. The SMILES string of the molecule is COc1cc2ncnc(N3CC(OC)CC(c4ccccc4)C3)c2cc1OC. The van der Waals surface area contributed by atoms with Gasteiger partial charge in [-0.1, -0.05) is 30.3 Å². The first-order valence-electron chi connectivity index (χ1n) is 9.43. The van der Waals surface area contributed by atoms with E-state index in [1.54, 1.807) is 27.7 Å². The van der Waals surface area contributed by atoms with Gasteiger partial charge in [0.25, 0.3) is 0 Å². The standard InChI is InChI=1S/C22H25N3O3/c1-26-17-9-16(15-7-5-4-6-8-15)12-25(13-17)22-18-10-20(27-2)21(28-3)11-19(18)23-14-24-22/h4-8,10-11,14,16-17H,9,12-13H2,1-3H3. The van der Waals surface area contributed by atoms with E-state index in [1.165, 1.54) is 5.56 Å². The molecule has 0 saturated carbocycles. The summed E-state index contributed by atoms with van der Waals surface area (Å²) in [5.41, 5.74) is 2.16. The van der Waals surface area contributed by atoms with E-state index < -0.39 is 0 Å². The number of fused-ring (bicyclic) bond motifs is 1.